The number of rotatable bonds is 9. The maximum absolute atomic E-state index is 10.8. The molecule has 0 aliphatic rings. The van der Waals surface area contributed by atoms with Crippen molar-refractivity contribution in [1.29, 1.82) is 0 Å². The molecule has 0 radical (unpaired) electrons. The van der Waals surface area contributed by atoms with Crippen molar-refractivity contribution in [2.45, 2.75) is 13.0 Å². The molecular formula is C21H20Cl2N5O2+. The third-order valence-electron chi connectivity index (χ3n) is 4.33. The number of nitro groups is 1. The zero-order valence-electron chi connectivity index (χ0n) is 16.0. The quantitative estimate of drug-likeness (QED) is 0.157. The Morgan fingerprint density at radius 3 is 2.27 bits per heavy atom. The predicted octanol–water partition coefficient (Wildman–Crippen LogP) is 5.44. The molecule has 2 aromatic carbocycles. The van der Waals surface area contributed by atoms with Crippen molar-refractivity contribution in [3.05, 3.63) is 92.7 Å². The maximum Gasteiger partial charge on any atom is 0.272 e. The molecule has 7 nitrogen and oxygen atoms in total. The van der Waals surface area contributed by atoms with Crippen LogP contribution in [-0.4, -0.2) is 18.0 Å². The van der Waals surface area contributed by atoms with E-state index < -0.39 is 4.92 Å². The number of pyridine rings is 1. The van der Waals surface area contributed by atoms with E-state index in [2.05, 4.69) is 20.1 Å². The molecule has 154 valence electrons. The third kappa shape index (κ3) is 6.32. The summed E-state index contributed by atoms with van der Waals surface area (Å²) in [5.74, 6) is 0. The highest BCUT2D eigenvalue weighted by Crippen LogP contribution is 2.37. The summed E-state index contributed by atoms with van der Waals surface area (Å²) < 4.78 is 2.14. The van der Waals surface area contributed by atoms with Crippen LogP contribution in [0.15, 0.2) is 77.2 Å². The molecule has 0 saturated carbocycles. The smallest absolute Gasteiger partial charge is 0.272 e. The first-order valence-electron chi connectivity index (χ1n) is 9.32. The Labute approximate surface area is 184 Å². The molecule has 3 aromatic rings. The fourth-order valence-electron chi connectivity index (χ4n) is 2.74. The monoisotopic (exact) mass is 444 g/mol. The first-order valence-corrected chi connectivity index (χ1v) is 10.1. The topological polar surface area (TPSA) is 83.8 Å². The fourth-order valence-corrected chi connectivity index (χ4v) is 3.29. The number of aromatic nitrogens is 1. The molecule has 0 bridgehead atoms. The molecule has 9 heteroatoms. The number of nitrogens with zero attached hydrogens (tertiary/aromatic N) is 4. The van der Waals surface area contributed by atoms with Gasteiger partial charge in [-0.3, -0.25) is 10.1 Å². The van der Waals surface area contributed by atoms with E-state index in [-0.39, 0.29) is 21.4 Å². The van der Waals surface area contributed by atoms with Gasteiger partial charge >= 0.3 is 0 Å². The van der Waals surface area contributed by atoms with Crippen molar-refractivity contribution < 1.29 is 9.49 Å². The van der Waals surface area contributed by atoms with E-state index in [1.54, 1.807) is 0 Å². The lowest BCUT2D eigenvalue weighted by molar-refractivity contribution is -0.695. The second kappa shape index (κ2) is 10.8. The van der Waals surface area contributed by atoms with Crippen molar-refractivity contribution in [2.75, 3.05) is 13.1 Å². The number of nitro benzene ring substituents is 1. The van der Waals surface area contributed by atoms with E-state index in [9.17, 15) is 10.1 Å². The Kier molecular flexibility index (Phi) is 7.84. The standard InChI is InChI=1S/C21H20Cl2N5O2/c22-19-14-18(28(29)30)15-20(23)21(19)26-25-17-6-4-16(5-7-17)8-9-24-10-13-27-11-2-1-3-12-27/h1-7,11-12,14-15,24H,8-10,13H2/q+1. The van der Waals surface area contributed by atoms with Crippen LogP contribution in [-0.2, 0) is 13.0 Å². The molecule has 30 heavy (non-hydrogen) atoms. The molecule has 0 aliphatic heterocycles. The van der Waals surface area contributed by atoms with Gasteiger partial charge in [0.2, 0.25) is 0 Å². The lowest BCUT2D eigenvalue weighted by Crippen LogP contribution is -2.38. The molecule has 0 fully saturated rings. The first kappa shape index (κ1) is 21.8. The van der Waals surface area contributed by atoms with E-state index in [4.69, 9.17) is 23.2 Å². The normalized spacial score (nSPS) is 11.1. The summed E-state index contributed by atoms with van der Waals surface area (Å²) >= 11 is 12.1. The number of hydrogen-bond acceptors (Lipinski definition) is 5. The van der Waals surface area contributed by atoms with Gasteiger partial charge in [0.25, 0.3) is 5.69 Å². The summed E-state index contributed by atoms with van der Waals surface area (Å²) in [7, 11) is 0. The highest BCUT2D eigenvalue weighted by Gasteiger charge is 2.14. The van der Waals surface area contributed by atoms with E-state index in [0.717, 1.165) is 26.1 Å². The molecular weight excluding hydrogens is 425 g/mol. The minimum Gasteiger partial charge on any atom is -0.311 e. The van der Waals surface area contributed by atoms with Crippen molar-refractivity contribution >= 4 is 40.3 Å². The van der Waals surface area contributed by atoms with Crippen LogP contribution in [0.4, 0.5) is 17.1 Å². The van der Waals surface area contributed by atoms with E-state index in [1.165, 1.54) is 17.7 Å². The third-order valence-corrected chi connectivity index (χ3v) is 4.91. The van der Waals surface area contributed by atoms with Crippen LogP contribution in [0.3, 0.4) is 0 Å². The number of nitrogens with one attached hydrogen (secondary N) is 1. The minimum absolute atomic E-state index is 0.0781. The summed E-state index contributed by atoms with van der Waals surface area (Å²) in [6.45, 7) is 2.70. The molecule has 1 heterocycles. The molecule has 0 saturated heterocycles. The van der Waals surface area contributed by atoms with Crippen LogP contribution >= 0.6 is 23.2 Å². The van der Waals surface area contributed by atoms with Crippen LogP contribution in [0.5, 0.6) is 0 Å². The first-order chi connectivity index (χ1) is 14.5. The molecule has 3 rings (SSSR count). The van der Waals surface area contributed by atoms with Gasteiger partial charge in [-0.15, -0.1) is 5.11 Å². The van der Waals surface area contributed by atoms with Gasteiger partial charge in [0, 0.05) is 24.3 Å². The number of halogens is 2. The molecule has 0 unspecified atom stereocenters. The summed E-state index contributed by atoms with van der Waals surface area (Å²) in [6, 6.07) is 16.1. The van der Waals surface area contributed by atoms with Crippen molar-refractivity contribution in [2.24, 2.45) is 10.2 Å². The molecule has 0 aliphatic carbocycles. The second-order valence-electron chi connectivity index (χ2n) is 6.49. The lowest BCUT2D eigenvalue weighted by atomic mass is 10.1. The zero-order chi connectivity index (χ0) is 21.3. The largest absolute Gasteiger partial charge is 0.311 e. The van der Waals surface area contributed by atoms with Crippen LogP contribution in [0.1, 0.15) is 5.56 Å². The Morgan fingerprint density at radius 1 is 0.967 bits per heavy atom. The van der Waals surface area contributed by atoms with Crippen LogP contribution < -0.4 is 9.88 Å². The summed E-state index contributed by atoms with van der Waals surface area (Å²) in [6.07, 6.45) is 4.99. The van der Waals surface area contributed by atoms with Crippen molar-refractivity contribution in [3.63, 3.8) is 0 Å². The van der Waals surface area contributed by atoms with Gasteiger partial charge in [-0.1, -0.05) is 41.4 Å². The maximum atomic E-state index is 10.8. The lowest BCUT2D eigenvalue weighted by Gasteiger charge is -2.04. The van der Waals surface area contributed by atoms with Gasteiger partial charge in [-0.05, 0) is 30.7 Å². The average molecular weight is 445 g/mol. The van der Waals surface area contributed by atoms with E-state index >= 15 is 0 Å². The minimum atomic E-state index is -0.563. The van der Waals surface area contributed by atoms with E-state index in [1.807, 2.05) is 54.9 Å². The van der Waals surface area contributed by atoms with Gasteiger partial charge in [0.05, 0.1) is 27.2 Å². The van der Waals surface area contributed by atoms with Crippen molar-refractivity contribution in [1.82, 2.24) is 5.32 Å². The molecule has 0 atom stereocenters. The van der Waals surface area contributed by atoms with Gasteiger partial charge < -0.3 is 5.32 Å². The summed E-state index contributed by atoms with van der Waals surface area (Å²) in [5, 5.41) is 22.6. The fraction of sp³-hybridized carbons (Fsp3) is 0.190. The number of benzene rings is 2. The molecule has 0 spiro atoms. The van der Waals surface area contributed by atoms with Gasteiger partial charge in [-0.25, -0.2) is 4.57 Å². The highest BCUT2D eigenvalue weighted by atomic mass is 35.5. The van der Waals surface area contributed by atoms with Crippen LogP contribution in [0.25, 0.3) is 0 Å². The zero-order valence-corrected chi connectivity index (χ0v) is 17.6. The van der Waals surface area contributed by atoms with Gasteiger partial charge in [-0.2, -0.15) is 5.11 Å². The second-order valence-corrected chi connectivity index (χ2v) is 7.31. The predicted molar refractivity (Wildman–Crippen MR) is 117 cm³/mol. The summed E-state index contributed by atoms with van der Waals surface area (Å²) in [4.78, 5) is 10.3. The number of azo groups is 1. The highest BCUT2D eigenvalue weighted by molar-refractivity contribution is 6.39. The summed E-state index contributed by atoms with van der Waals surface area (Å²) in [5.41, 5.74) is 1.83. The Hall–Kier alpha value is -2.87. The van der Waals surface area contributed by atoms with E-state index in [0.29, 0.717) is 5.69 Å². The molecule has 1 N–H and O–H groups in total. The van der Waals surface area contributed by atoms with Crippen LogP contribution in [0, 0.1) is 10.1 Å². The van der Waals surface area contributed by atoms with Gasteiger partial charge in [0.1, 0.15) is 5.69 Å². The SMILES string of the molecule is O=[N+]([O-])c1cc(Cl)c(N=Nc2ccc(CCNCC[n+]3ccccc3)cc2)c(Cl)c1. The van der Waals surface area contributed by atoms with Gasteiger partial charge in [0.15, 0.2) is 18.9 Å². The van der Waals surface area contributed by atoms with Crippen LogP contribution in [0.2, 0.25) is 10.0 Å². The Bertz CT molecular complexity index is 1000. The molecule has 1 aromatic heterocycles. The Morgan fingerprint density at radius 2 is 1.63 bits per heavy atom. The molecule has 0 amide bonds. The Balaban J connectivity index is 1.50. The average Bonchev–Trinajstić information content (AvgIpc) is 2.74. The number of hydrogen-bond donors (Lipinski definition) is 1. The van der Waals surface area contributed by atoms with Crippen molar-refractivity contribution in [3.8, 4) is 0 Å². The number of non-ortho nitro benzene ring substituents is 1.